The van der Waals surface area contributed by atoms with E-state index in [1.807, 2.05) is 39.8 Å². The van der Waals surface area contributed by atoms with Gasteiger partial charge in [0.15, 0.2) is 0 Å². The van der Waals surface area contributed by atoms with Crippen molar-refractivity contribution < 1.29 is 13.2 Å². The van der Waals surface area contributed by atoms with Crippen molar-refractivity contribution in [2.45, 2.75) is 64.4 Å². The van der Waals surface area contributed by atoms with Gasteiger partial charge in [0.25, 0.3) is 0 Å². The minimum Gasteiger partial charge on any atom is -0.383 e. The molecular formula is C21H32N4O4S. The normalized spacial score (nSPS) is 16.3. The van der Waals surface area contributed by atoms with E-state index in [1.165, 1.54) is 4.68 Å². The highest BCUT2D eigenvalue weighted by atomic mass is 32.2. The van der Waals surface area contributed by atoms with Crippen LogP contribution in [0.25, 0.3) is 0 Å². The third kappa shape index (κ3) is 4.24. The topological polar surface area (TPSA) is 86.4 Å². The average molecular weight is 437 g/mol. The summed E-state index contributed by atoms with van der Waals surface area (Å²) in [5.41, 5.74) is 2.49. The molecule has 1 aliphatic heterocycles. The zero-order valence-electron chi connectivity index (χ0n) is 18.5. The summed E-state index contributed by atoms with van der Waals surface area (Å²) in [5, 5.41) is 4.54. The first-order chi connectivity index (χ1) is 14.2. The Balaban J connectivity index is 1.81. The van der Waals surface area contributed by atoms with Crippen LogP contribution < -0.4 is 5.69 Å². The van der Waals surface area contributed by atoms with Gasteiger partial charge in [0.1, 0.15) is 5.82 Å². The number of piperidine rings is 1. The zero-order chi connectivity index (χ0) is 22.1. The Hall–Kier alpha value is -1.97. The summed E-state index contributed by atoms with van der Waals surface area (Å²) in [6, 6.07) is 3.83. The van der Waals surface area contributed by atoms with Gasteiger partial charge in [-0.3, -0.25) is 4.57 Å². The minimum atomic E-state index is -3.55. The van der Waals surface area contributed by atoms with Crippen molar-refractivity contribution in [1.82, 2.24) is 18.7 Å². The fraction of sp³-hybridized carbons (Fsp3) is 0.619. The van der Waals surface area contributed by atoms with E-state index in [9.17, 15) is 13.2 Å². The summed E-state index contributed by atoms with van der Waals surface area (Å²) in [5.74, 6) is 0.812. The predicted octanol–water partition coefficient (Wildman–Crippen LogP) is 2.20. The molecule has 0 N–H and O–H groups in total. The third-order valence-electron chi connectivity index (χ3n) is 5.80. The summed E-state index contributed by atoms with van der Waals surface area (Å²) in [6.07, 6.45) is 1.29. The van der Waals surface area contributed by atoms with Crippen molar-refractivity contribution >= 4 is 10.0 Å². The number of nitrogens with zero attached hydrogens (tertiary/aromatic N) is 4. The van der Waals surface area contributed by atoms with E-state index < -0.39 is 10.0 Å². The number of hydrogen-bond acceptors (Lipinski definition) is 5. The molecule has 8 nitrogen and oxygen atoms in total. The van der Waals surface area contributed by atoms with Crippen LogP contribution in [0, 0.1) is 20.8 Å². The molecule has 2 aromatic rings. The molecule has 0 bridgehead atoms. The third-order valence-corrected chi connectivity index (χ3v) is 8.00. The predicted molar refractivity (Wildman–Crippen MR) is 115 cm³/mol. The first-order valence-electron chi connectivity index (χ1n) is 10.4. The quantitative estimate of drug-likeness (QED) is 0.664. The van der Waals surface area contributed by atoms with Crippen molar-refractivity contribution in [3.8, 4) is 0 Å². The lowest BCUT2D eigenvalue weighted by atomic mass is 9.97. The molecule has 1 aliphatic rings. The maximum Gasteiger partial charge on any atom is 0.345 e. The Labute approximate surface area is 178 Å². The monoisotopic (exact) mass is 436 g/mol. The van der Waals surface area contributed by atoms with Gasteiger partial charge in [0, 0.05) is 32.7 Å². The second kappa shape index (κ2) is 9.03. The molecule has 0 aliphatic carbocycles. The van der Waals surface area contributed by atoms with Crippen LogP contribution in [0.2, 0.25) is 0 Å². The Morgan fingerprint density at radius 3 is 2.27 bits per heavy atom. The van der Waals surface area contributed by atoms with Gasteiger partial charge >= 0.3 is 5.69 Å². The highest BCUT2D eigenvalue weighted by Crippen LogP contribution is 2.32. The van der Waals surface area contributed by atoms with E-state index in [-0.39, 0.29) is 11.6 Å². The fourth-order valence-electron chi connectivity index (χ4n) is 4.44. The largest absolute Gasteiger partial charge is 0.383 e. The van der Waals surface area contributed by atoms with Gasteiger partial charge in [-0.15, -0.1) is 0 Å². The van der Waals surface area contributed by atoms with Crippen LogP contribution in [0.5, 0.6) is 0 Å². The van der Waals surface area contributed by atoms with Crippen LogP contribution in [-0.4, -0.2) is 53.9 Å². The molecule has 2 heterocycles. The number of rotatable bonds is 7. The van der Waals surface area contributed by atoms with Gasteiger partial charge in [-0.25, -0.2) is 17.9 Å². The van der Waals surface area contributed by atoms with Crippen LogP contribution in [0.1, 0.15) is 48.2 Å². The van der Waals surface area contributed by atoms with Crippen molar-refractivity contribution in [3.63, 3.8) is 0 Å². The molecule has 1 aromatic heterocycles. The van der Waals surface area contributed by atoms with Gasteiger partial charge in [0.05, 0.1) is 18.0 Å². The molecule has 30 heavy (non-hydrogen) atoms. The number of methoxy groups -OCH3 is 1. The first kappa shape index (κ1) is 22.7. The molecule has 0 radical (unpaired) electrons. The van der Waals surface area contributed by atoms with E-state index in [2.05, 4.69) is 5.10 Å². The van der Waals surface area contributed by atoms with Crippen molar-refractivity contribution in [1.29, 1.82) is 0 Å². The summed E-state index contributed by atoms with van der Waals surface area (Å²) in [6.45, 7) is 9.82. The van der Waals surface area contributed by atoms with Crippen LogP contribution in [0.15, 0.2) is 21.8 Å². The number of hydrogen-bond donors (Lipinski definition) is 0. The maximum atomic E-state index is 13.3. The number of benzene rings is 1. The fourth-order valence-corrected chi connectivity index (χ4v) is 6.32. The van der Waals surface area contributed by atoms with Crippen molar-refractivity contribution in [3.05, 3.63) is 45.1 Å². The molecule has 0 amide bonds. The Bertz CT molecular complexity index is 1040. The van der Waals surface area contributed by atoms with E-state index in [0.29, 0.717) is 50.5 Å². The molecule has 9 heteroatoms. The molecule has 0 saturated carbocycles. The van der Waals surface area contributed by atoms with Gasteiger partial charge in [0.2, 0.25) is 10.0 Å². The molecule has 0 atom stereocenters. The Kier molecular flexibility index (Phi) is 6.84. The van der Waals surface area contributed by atoms with Crippen LogP contribution >= 0.6 is 0 Å². The highest BCUT2D eigenvalue weighted by Gasteiger charge is 2.34. The second-order valence-corrected chi connectivity index (χ2v) is 9.88. The van der Waals surface area contributed by atoms with Gasteiger partial charge in [-0.05, 0) is 51.7 Å². The van der Waals surface area contributed by atoms with Crippen molar-refractivity contribution in [2.75, 3.05) is 26.8 Å². The lowest BCUT2D eigenvalue weighted by molar-refractivity contribution is 0.182. The summed E-state index contributed by atoms with van der Waals surface area (Å²) in [4.78, 5) is 13.0. The maximum absolute atomic E-state index is 13.3. The van der Waals surface area contributed by atoms with Gasteiger partial charge < -0.3 is 4.74 Å². The number of sulfonamides is 1. The minimum absolute atomic E-state index is 0.0631. The Morgan fingerprint density at radius 1 is 1.13 bits per heavy atom. The highest BCUT2D eigenvalue weighted by molar-refractivity contribution is 7.89. The van der Waals surface area contributed by atoms with Crippen LogP contribution in [0.4, 0.5) is 0 Å². The van der Waals surface area contributed by atoms with E-state index >= 15 is 0 Å². The summed E-state index contributed by atoms with van der Waals surface area (Å²) in [7, 11) is -1.96. The molecule has 0 unspecified atom stereocenters. The Morgan fingerprint density at radius 2 is 1.73 bits per heavy atom. The molecule has 3 rings (SSSR count). The van der Waals surface area contributed by atoms with Gasteiger partial charge in [-0.2, -0.15) is 9.40 Å². The summed E-state index contributed by atoms with van der Waals surface area (Å²) < 4.78 is 36.4. The molecule has 1 saturated heterocycles. The number of aryl methyl sites for hydroxylation is 3. The SMILES string of the molecule is CCn1c(C2CCN(S(=O)(=O)c3c(C)cc(C)cc3C)CC2)nn(CCOC)c1=O. The molecule has 0 spiro atoms. The molecule has 166 valence electrons. The van der Waals surface area contributed by atoms with Crippen molar-refractivity contribution in [2.24, 2.45) is 0 Å². The van der Waals surface area contributed by atoms with E-state index in [0.717, 1.165) is 22.5 Å². The first-order valence-corrected chi connectivity index (χ1v) is 11.9. The second-order valence-electron chi connectivity index (χ2n) is 8.01. The van der Waals surface area contributed by atoms with E-state index in [4.69, 9.17) is 4.74 Å². The average Bonchev–Trinajstić information content (AvgIpc) is 3.00. The molecule has 1 aromatic carbocycles. The zero-order valence-corrected chi connectivity index (χ0v) is 19.3. The summed E-state index contributed by atoms with van der Waals surface area (Å²) >= 11 is 0. The molecular weight excluding hydrogens is 404 g/mol. The lowest BCUT2D eigenvalue weighted by Crippen LogP contribution is -2.39. The van der Waals surface area contributed by atoms with Crippen LogP contribution in [0.3, 0.4) is 0 Å². The number of ether oxygens (including phenoxy) is 1. The standard InChI is InChI=1S/C21H32N4O4S/c1-6-24-20(22-25(21(24)26)11-12-29-5)18-7-9-23(10-8-18)30(27,28)19-16(3)13-15(2)14-17(19)4/h13-14,18H,6-12H2,1-5H3. The number of aromatic nitrogens is 3. The smallest absolute Gasteiger partial charge is 0.345 e. The molecule has 1 fully saturated rings. The van der Waals surface area contributed by atoms with Crippen LogP contribution in [-0.2, 0) is 27.8 Å². The van der Waals surface area contributed by atoms with Gasteiger partial charge in [-0.1, -0.05) is 17.7 Å². The lowest BCUT2D eigenvalue weighted by Gasteiger charge is -2.31. The van der Waals surface area contributed by atoms with E-state index in [1.54, 1.807) is 16.0 Å².